The highest BCUT2D eigenvalue weighted by Crippen LogP contribution is 2.56. The Labute approximate surface area is 198 Å². The number of aryl methyl sites for hydroxylation is 4. The van der Waals surface area contributed by atoms with E-state index < -0.39 is 7.26 Å². The van der Waals surface area contributed by atoms with Crippen molar-refractivity contribution in [3.63, 3.8) is 0 Å². The topological polar surface area (TPSA) is 0 Å². The van der Waals surface area contributed by atoms with Crippen LogP contribution in [-0.4, -0.2) is 0 Å². The molecule has 0 saturated carbocycles. The number of benzene rings is 4. The average Bonchev–Trinajstić information content (AvgIpc) is 2.73. The summed E-state index contributed by atoms with van der Waals surface area (Å²) in [6.45, 7) is 9.05. The van der Waals surface area contributed by atoms with Gasteiger partial charge in [0.1, 0.15) is 28.5 Å². The van der Waals surface area contributed by atoms with E-state index in [1.54, 1.807) is 0 Å². The summed E-state index contributed by atoms with van der Waals surface area (Å²) in [5, 5.41) is 5.83. The highest BCUT2D eigenvalue weighted by molar-refractivity contribution is 8.01. The van der Waals surface area contributed by atoms with E-state index in [0.29, 0.717) is 0 Å². The monoisotopic (exact) mass is 522 g/mol. The minimum absolute atomic E-state index is 0. The lowest BCUT2D eigenvalue weighted by molar-refractivity contribution is -0.00000587. The molecule has 30 heavy (non-hydrogen) atoms. The summed E-state index contributed by atoms with van der Waals surface area (Å²) < 4.78 is 0. The Balaban J connectivity index is 0.00000256. The first-order valence-electron chi connectivity index (χ1n) is 10.2. The summed E-state index contributed by atoms with van der Waals surface area (Å²) >= 11 is 0. The molecule has 2 heteroatoms. The van der Waals surface area contributed by atoms with E-state index in [1.165, 1.54) is 43.5 Å². The molecule has 0 atom stereocenters. The molecule has 0 radical (unpaired) electrons. The Kier molecular flexibility index (Phi) is 7.16. The van der Waals surface area contributed by atoms with E-state index in [-0.39, 0.29) is 24.0 Å². The van der Waals surface area contributed by atoms with Crippen LogP contribution >= 0.6 is 7.26 Å². The van der Waals surface area contributed by atoms with E-state index in [0.717, 1.165) is 0 Å². The largest absolute Gasteiger partial charge is 1.00 e. The van der Waals surface area contributed by atoms with Gasteiger partial charge in [-0.2, -0.15) is 0 Å². The molecule has 0 fully saturated rings. The molecular formula is C28H28IP. The van der Waals surface area contributed by atoms with Gasteiger partial charge in [0.25, 0.3) is 0 Å². The molecule has 4 aromatic carbocycles. The predicted molar refractivity (Wildman–Crippen MR) is 130 cm³/mol. The van der Waals surface area contributed by atoms with Gasteiger partial charge in [0.05, 0.1) is 0 Å². The number of hydrogen-bond donors (Lipinski definition) is 0. The lowest BCUT2D eigenvalue weighted by Gasteiger charge is -2.31. The Morgan fingerprint density at radius 1 is 0.367 bits per heavy atom. The first kappa shape index (κ1) is 22.7. The van der Waals surface area contributed by atoms with Crippen molar-refractivity contribution in [1.29, 1.82) is 0 Å². The first-order valence-corrected chi connectivity index (χ1v) is 12.0. The fourth-order valence-corrected chi connectivity index (χ4v) is 9.75. The van der Waals surface area contributed by atoms with Gasteiger partial charge in [-0.3, -0.25) is 0 Å². The van der Waals surface area contributed by atoms with Crippen molar-refractivity contribution in [3.8, 4) is 0 Å². The van der Waals surface area contributed by atoms with Crippen LogP contribution in [0.2, 0.25) is 0 Å². The van der Waals surface area contributed by atoms with Crippen molar-refractivity contribution in [2.45, 2.75) is 27.7 Å². The zero-order valence-corrected chi connectivity index (χ0v) is 21.1. The first-order chi connectivity index (χ1) is 14.1. The average molecular weight is 522 g/mol. The molecule has 0 nitrogen and oxygen atoms in total. The van der Waals surface area contributed by atoms with Crippen LogP contribution in [-0.2, 0) is 0 Å². The molecule has 0 spiro atoms. The van der Waals surface area contributed by atoms with Crippen LogP contribution in [0.5, 0.6) is 0 Å². The summed E-state index contributed by atoms with van der Waals surface area (Å²) in [5.41, 5.74) is 5.43. The molecule has 0 aliphatic heterocycles. The van der Waals surface area contributed by atoms with E-state index >= 15 is 0 Å². The predicted octanol–water partition coefficient (Wildman–Crippen LogP) is 2.54. The molecule has 0 bridgehead atoms. The van der Waals surface area contributed by atoms with Crippen molar-refractivity contribution in [3.05, 3.63) is 119 Å². The normalized spacial score (nSPS) is 11.1. The molecule has 0 N–H and O–H groups in total. The smallest absolute Gasteiger partial charge is 0.145 e. The van der Waals surface area contributed by atoms with Crippen molar-refractivity contribution < 1.29 is 24.0 Å². The van der Waals surface area contributed by atoms with Gasteiger partial charge in [-0.15, -0.1) is 0 Å². The quantitative estimate of drug-likeness (QED) is 0.286. The summed E-state index contributed by atoms with van der Waals surface area (Å²) in [7, 11) is -2.06. The second-order valence-corrected chi connectivity index (χ2v) is 11.1. The molecule has 152 valence electrons. The van der Waals surface area contributed by atoms with Crippen LogP contribution in [0.1, 0.15) is 22.3 Å². The highest BCUT2D eigenvalue weighted by atomic mass is 127. The molecule has 0 aromatic heterocycles. The third kappa shape index (κ3) is 3.74. The maximum atomic E-state index is 2.36. The Bertz CT molecular complexity index is 975. The van der Waals surface area contributed by atoms with Crippen molar-refractivity contribution in [2.75, 3.05) is 0 Å². The second-order valence-electron chi connectivity index (χ2n) is 7.82. The van der Waals surface area contributed by atoms with E-state index in [1.807, 2.05) is 0 Å². The van der Waals surface area contributed by atoms with Crippen LogP contribution in [0.4, 0.5) is 0 Å². The molecule has 0 unspecified atom stereocenters. The van der Waals surface area contributed by atoms with Gasteiger partial charge in [0.15, 0.2) is 0 Å². The maximum Gasteiger partial charge on any atom is 0.145 e. The Hall–Kier alpha value is -1.96. The van der Waals surface area contributed by atoms with Crippen LogP contribution in [0.3, 0.4) is 0 Å². The van der Waals surface area contributed by atoms with Gasteiger partial charge < -0.3 is 24.0 Å². The van der Waals surface area contributed by atoms with Gasteiger partial charge in [0.2, 0.25) is 0 Å². The van der Waals surface area contributed by atoms with Crippen molar-refractivity contribution >= 4 is 28.5 Å². The Morgan fingerprint density at radius 3 is 0.767 bits per heavy atom. The number of halogens is 1. The van der Waals surface area contributed by atoms with Crippen LogP contribution in [0.15, 0.2) is 97.1 Å². The molecule has 0 aliphatic rings. The summed E-state index contributed by atoms with van der Waals surface area (Å²) in [5.74, 6) is 0. The zero-order valence-electron chi connectivity index (χ0n) is 18.1. The lowest BCUT2D eigenvalue weighted by Crippen LogP contribution is -3.00. The maximum absolute atomic E-state index is 2.36. The van der Waals surface area contributed by atoms with Crippen LogP contribution in [0.25, 0.3) is 0 Å². The third-order valence-electron chi connectivity index (χ3n) is 5.91. The summed E-state index contributed by atoms with van der Waals surface area (Å²) in [6.07, 6.45) is 0. The molecule has 4 rings (SSSR count). The van der Waals surface area contributed by atoms with E-state index in [9.17, 15) is 0 Å². The highest BCUT2D eigenvalue weighted by Gasteiger charge is 2.51. The molecular weight excluding hydrogens is 494 g/mol. The summed E-state index contributed by atoms with van der Waals surface area (Å²) in [4.78, 5) is 0. The van der Waals surface area contributed by atoms with Crippen molar-refractivity contribution in [1.82, 2.24) is 0 Å². The molecule has 0 heterocycles. The zero-order chi connectivity index (χ0) is 20.4. The van der Waals surface area contributed by atoms with Crippen molar-refractivity contribution in [2.24, 2.45) is 0 Å². The van der Waals surface area contributed by atoms with E-state index in [2.05, 4.69) is 125 Å². The van der Waals surface area contributed by atoms with Gasteiger partial charge in [-0.1, -0.05) is 72.8 Å². The summed E-state index contributed by atoms with van der Waals surface area (Å²) in [6, 6.07) is 35.9. The molecule has 0 aliphatic carbocycles. The number of rotatable bonds is 4. The van der Waals surface area contributed by atoms with Gasteiger partial charge in [-0.25, -0.2) is 0 Å². The second kappa shape index (κ2) is 9.45. The van der Waals surface area contributed by atoms with Gasteiger partial charge in [0, 0.05) is 0 Å². The number of hydrogen-bond acceptors (Lipinski definition) is 0. The molecule has 4 aromatic rings. The third-order valence-corrected chi connectivity index (χ3v) is 10.8. The fourth-order valence-electron chi connectivity index (χ4n) is 4.54. The molecule has 0 saturated heterocycles. The van der Waals surface area contributed by atoms with Crippen LogP contribution < -0.4 is 45.2 Å². The van der Waals surface area contributed by atoms with Gasteiger partial charge >= 0.3 is 0 Å². The van der Waals surface area contributed by atoms with Gasteiger partial charge in [-0.05, 0) is 74.2 Å². The molecule has 0 amide bonds. The lowest BCUT2D eigenvalue weighted by atomic mass is 10.2. The Morgan fingerprint density at radius 2 is 0.567 bits per heavy atom. The van der Waals surface area contributed by atoms with E-state index in [4.69, 9.17) is 0 Å². The minimum atomic E-state index is -2.06. The minimum Gasteiger partial charge on any atom is -1.00 e. The SMILES string of the molecule is Cc1ccccc1[P+](c1ccccc1C)(c1ccccc1C)c1ccccc1C.[I-]. The fraction of sp³-hybridized carbons (Fsp3) is 0.143. The standard InChI is InChI=1S/C28H28P.HI/c1-21-13-5-9-17-25(21)29(26-18-10-6-14-22(26)2,27-19-11-7-15-23(27)3)28-20-12-8-16-24(28)4;/h5-20H,1-4H3;1H/q+1;/p-1. The van der Waals surface area contributed by atoms with Crippen LogP contribution in [0, 0.1) is 27.7 Å².